The average Bonchev–Trinajstić information content (AvgIpc) is 2.85. The molecule has 1 N–H and O–H groups in total. The first-order valence-electron chi connectivity index (χ1n) is 6.85. The topological polar surface area (TPSA) is 24.5 Å². The van der Waals surface area contributed by atoms with Gasteiger partial charge in [-0.1, -0.05) is 18.2 Å². The van der Waals surface area contributed by atoms with E-state index in [1.54, 1.807) is 7.11 Å². The molecule has 0 bridgehead atoms. The number of rotatable bonds is 6. The highest BCUT2D eigenvalue weighted by atomic mass is 16.5. The fourth-order valence-electron chi connectivity index (χ4n) is 2.54. The molecule has 3 nitrogen and oxygen atoms in total. The second-order valence-electron chi connectivity index (χ2n) is 5.14. The van der Waals surface area contributed by atoms with E-state index in [1.165, 1.54) is 37.2 Å². The zero-order valence-corrected chi connectivity index (χ0v) is 11.5. The summed E-state index contributed by atoms with van der Waals surface area (Å²) in [6.07, 6.45) is 2.69. The normalized spacial score (nSPS) is 17.9. The van der Waals surface area contributed by atoms with E-state index < -0.39 is 0 Å². The highest BCUT2D eigenvalue weighted by molar-refractivity contribution is 5.51. The third-order valence-electron chi connectivity index (χ3n) is 3.43. The van der Waals surface area contributed by atoms with Crippen molar-refractivity contribution in [3.63, 3.8) is 0 Å². The van der Waals surface area contributed by atoms with Crippen LogP contribution in [-0.2, 0) is 11.3 Å². The van der Waals surface area contributed by atoms with Crippen LogP contribution in [0.25, 0.3) is 0 Å². The van der Waals surface area contributed by atoms with Crippen LogP contribution in [0.15, 0.2) is 24.3 Å². The Morgan fingerprint density at radius 2 is 2.00 bits per heavy atom. The second-order valence-corrected chi connectivity index (χ2v) is 5.14. The molecule has 1 unspecified atom stereocenters. The first-order valence-corrected chi connectivity index (χ1v) is 6.85. The fraction of sp³-hybridized carbons (Fsp3) is 0.600. The number of likely N-dealkylation sites (tertiary alicyclic amines) is 1. The minimum atomic E-state index is 0.342. The number of ether oxygens (including phenoxy) is 1. The largest absolute Gasteiger partial charge is 0.383 e. The van der Waals surface area contributed by atoms with Crippen molar-refractivity contribution in [2.24, 2.45) is 0 Å². The molecule has 1 aromatic rings. The molecule has 1 saturated heterocycles. The number of hydrogen-bond acceptors (Lipinski definition) is 3. The van der Waals surface area contributed by atoms with Gasteiger partial charge in [-0.2, -0.15) is 0 Å². The molecule has 3 heteroatoms. The van der Waals surface area contributed by atoms with Gasteiger partial charge in [0.2, 0.25) is 0 Å². The van der Waals surface area contributed by atoms with Crippen molar-refractivity contribution in [3.8, 4) is 0 Å². The summed E-state index contributed by atoms with van der Waals surface area (Å²) in [4.78, 5) is 2.53. The predicted octanol–water partition coefficient (Wildman–Crippen LogP) is 2.73. The summed E-state index contributed by atoms with van der Waals surface area (Å²) in [6.45, 7) is 6.42. The summed E-state index contributed by atoms with van der Waals surface area (Å²) in [6, 6.07) is 8.94. The van der Waals surface area contributed by atoms with Crippen LogP contribution in [0.3, 0.4) is 0 Å². The quantitative estimate of drug-likeness (QED) is 0.837. The maximum Gasteiger partial charge on any atom is 0.0661 e. The van der Waals surface area contributed by atoms with E-state index in [1.807, 2.05) is 0 Å². The van der Waals surface area contributed by atoms with Crippen molar-refractivity contribution in [3.05, 3.63) is 29.8 Å². The van der Waals surface area contributed by atoms with Crippen LogP contribution < -0.4 is 5.32 Å². The number of methoxy groups -OCH3 is 1. The predicted molar refractivity (Wildman–Crippen MR) is 75.9 cm³/mol. The highest BCUT2D eigenvalue weighted by Gasteiger charge is 2.14. The second kappa shape index (κ2) is 6.76. The molecular formula is C15H24N2O. The summed E-state index contributed by atoms with van der Waals surface area (Å²) >= 11 is 0. The molecule has 18 heavy (non-hydrogen) atoms. The van der Waals surface area contributed by atoms with Crippen molar-refractivity contribution < 1.29 is 4.74 Å². The van der Waals surface area contributed by atoms with Gasteiger partial charge in [0.25, 0.3) is 0 Å². The first kappa shape index (κ1) is 13.4. The molecule has 0 amide bonds. The Morgan fingerprint density at radius 3 is 2.72 bits per heavy atom. The molecule has 100 valence electrons. The standard InChI is InChI=1S/C15H24N2O/c1-13(12-18-2)16-15-8-4-3-7-14(15)11-17-9-5-6-10-17/h3-4,7-8,13,16H,5-6,9-12H2,1-2H3. The Balaban J connectivity index is 2.00. The summed E-state index contributed by atoms with van der Waals surface area (Å²) in [5.41, 5.74) is 2.64. The van der Waals surface area contributed by atoms with Crippen LogP contribution in [0.1, 0.15) is 25.3 Å². The minimum Gasteiger partial charge on any atom is -0.383 e. The third kappa shape index (κ3) is 3.72. The molecule has 1 fully saturated rings. The van der Waals surface area contributed by atoms with E-state index in [0.29, 0.717) is 6.04 Å². The summed E-state index contributed by atoms with van der Waals surface area (Å²) < 4.78 is 5.18. The average molecular weight is 248 g/mol. The molecule has 0 aliphatic carbocycles. The lowest BCUT2D eigenvalue weighted by Gasteiger charge is -2.20. The molecule has 0 spiro atoms. The number of anilines is 1. The summed E-state index contributed by atoms with van der Waals surface area (Å²) in [5.74, 6) is 0. The maximum atomic E-state index is 5.18. The van der Waals surface area contributed by atoms with Crippen LogP contribution in [0, 0.1) is 0 Å². The van der Waals surface area contributed by atoms with Gasteiger partial charge >= 0.3 is 0 Å². The zero-order valence-electron chi connectivity index (χ0n) is 11.5. The van der Waals surface area contributed by atoms with Crippen LogP contribution >= 0.6 is 0 Å². The van der Waals surface area contributed by atoms with Gasteiger partial charge in [-0.15, -0.1) is 0 Å². The highest BCUT2D eigenvalue weighted by Crippen LogP contribution is 2.20. The molecule has 1 aromatic carbocycles. The molecule has 1 aliphatic rings. The molecule has 1 aliphatic heterocycles. The van der Waals surface area contributed by atoms with Gasteiger partial charge in [0.1, 0.15) is 0 Å². The van der Waals surface area contributed by atoms with Crippen LogP contribution in [0.5, 0.6) is 0 Å². The molecule has 2 rings (SSSR count). The Labute approximate surface area is 110 Å². The number of nitrogens with one attached hydrogen (secondary N) is 1. The maximum absolute atomic E-state index is 5.18. The van der Waals surface area contributed by atoms with E-state index in [2.05, 4.69) is 41.4 Å². The zero-order chi connectivity index (χ0) is 12.8. The van der Waals surface area contributed by atoms with Crippen molar-refractivity contribution in [1.82, 2.24) is 4.90 Å². The summed E-state index contributed by atoms with van der Waals surface area (Å²) in [7, 11) is 1.74. The van der Waals surface area contributed by atoms with E-state index in [-0.39, 0.29) is 0 Å². The molecule has 1 atom stereocenters. The lowest BCUT2D eigenvalue weighted by Crippen LogP contribution is -2.23. The first-order chi connectivity index (χ1) is 8.79. The molecule has 0 saturated carbocycles. The minimum absolute atomic E-state index is 0.342. The SMILES string of the molecule is COCC(C)Nc1ccccc1CN1CCCC1. The Kier molecular flexibility index (Phi) is 5.02. The van der Waals surface area contributed by atoms with Crippen molar-refractivity contribution in [2.45, 2.75) is 32.4 Å². The van der Waals surface area contributed by atoms with E-state index in [9.17, 15) is 0 Å². The molecule has 0 aromatic heterocycles. The Morgan fingerprint density at radius 1 is 1.28 bits per heavy atom. The third-order valence-corrected chi connectivity index (χ3v) is 3.43. The van der Waals surface area contributed by atoms with E-state index >= 15 is 0 Å². The van der Waals surface area contributed by atoms with Gasteiger partial charge in [-0.25, -0.2) is 0 Å². The molecule has 1 heterocycles. The molecule has 0 radical (unpaired) electrons. The molecular weight excluding hydrogens is 224 g/mol. The Hall–Kier alpha value is -1.06. The lowest BCUT2D eigenvalue weighted by atomic mass is 10.1. The van der Waals surface area contributed by atoms with Crippen molar-refractivity contribution in [2.75, 3.05) is 32.1 Å². The number of hydrogen-bond donors (Lipinski definition) is 1. The fourth-order valence-corrected chi connectivity index (χ4v) is 2.54. The van der Waals surface area contributed by atoms with Gasteiger partial charge in [-0.3, -0.25) is 4.90 Å². The van der Waals surface area contributed by atoms with E-state index in [4.69, 9.17) is 4.74 Å². The van der Waals surface area contributed by atoms with Gasteiger partial charge in [0.05, 0.1) is 6.61 Å². The number of nitrogens with zero attached hydrogens (tertiary/aromatic N) is 1. The van der Waals surface area contributed by atoms with Crippen molar-refractivity contribution in [1.29, 1.82) is 0 Å². The summed E-state index contributed by atoms with van der Waals surface area (Å²) in [5, 5.41) is 3.53. The van der Waals surface area contributed by atoms with Crippen LogP contribution in [0.2, 0.25) is 0 Å². The smallest absolute Gasteiger partial charge is 0.0661 e. The van der Waals surface area contributed by atoms with Crippen molar-refractivity contribution >= 4 is 5.69 Å². The van der Waals surface area contributed by atoms with Gasteiger partial charge < -0.3 is 10.1 Å². The monoisotopic (exact) mass is 248 g/mol. The van der Waals surface area contributed by atoms with Crippen LogP contribution in [-0.4, -0.2) is 37.7 Å². The Bertz CT molecular complexity index is 361. The number of benzene rings is 1. The van der Waals surface area contributed by atoms with Gasteiger partial charge in [0.15, 0.2) is 0 Å². The number of para-hydroxylation sites is 1. The van der Waals surface area contributed by atoms with Crippen LogP contribution in [0.4, 0.5) is 5.69 Å². The lowest BCUT2D eigenvalue weighted by molar-refractivity contribution is 0.190. The van der Waals surface area contributed by atoms with Gasteiger partial charge in [0, 0.05) is 25.4 Å². The van der Waals surface area contributed by atoms with E-state index in [0.717, 1.165) is 13.2 Å². The van der Waals surface area contributed by atoms with Gasteiger partial charge in [-0.05, 0) is 44.5 Å².